The zero-order chi connectivity index (χ0) is 37.9. The van der Waals surface area contributed by atoms with Gasteiger partial charge >= 0.3 is 6.18 Å². The van der Waals surface area contributed by atoms with E-state index in [1.807, 2.05) is 10.6 Å². The number of alkyl halides is 3. The van der Waals surface area contributed by atoms with Gasteiger partial charge in [0.05, 0.1) is 92.6 Å². The summed E-state index contributed by atoms with van der Waals surface area (Å²) in [4.78, 5) is 7.16. The molecule has 0 aliphatic heterocycles. The number of nitrogens with zero attached hydrogens (tertiary/aromatic N) is 8. The quantitative estimate of drug-likeness (QED) is 0.170. The number of benzene rings is 6. The Morgan fingerprint density at radius 2 is 0.963 bits per heavy atom. The van der Waals surface area contributed by atoms with Gasteiger partial charge in [-0.2, -0.15) is 34.2 Å². The highest BCUT2D eigenvalue weighted by molar-refractivity contribution is 6.13. The van der Waals surface area contributed by atoms with E-state index in [4.69, 9.17) is 13.1 Å². The maximum absolute atomic E-state index is 13.9. The minimum atomic E-state index is -4.72. The summed E-state index contributed by atoms with van der Waals surface area (Å²) >= 11 is 0. The lowest BCUT2D eigenvalue weighted by Crippen LogP contribution is -2.07. The first-order valence-corrected chi connectivity index (χ1v) is 16.0. The van der Waals surface area contributed by atoms with Crippen LogP contribution in [0, 0.1) is 58.5 Å². The van der Waals surface area contributed by atoms with Crippen molar-refractivity contribution in [1.29, 1.82) is 21.0 Å². The number of rotatable bonds is 3. The van der Waals surface area contributed by atoms with Gasteiger partial charge in [-0.15, -0.1) is 0 Å². The van der Waals surface area contributed by atoms with E-state index in [0.717, 1.165) is 12.1 Å². The molecule has 250 valence electrons. The molecule has 8 nitrogen and oxygen atoms in total. The monoisotopic (exact) mass is 702 g/mol. The summed E-state index contributed by atoms with van der Waals surface area (Å²) in [5.74, 6) is 0. The molecule has 8 aromatic rings. The van der Waals surface area contributed by atoms with Crippen molar-refractivity contribution in [3.05, 3.63) is 154 Å². The Morgan fingerprint density at radius 3 is 1.43 bits per heavy atom. The third-order valence-corrected chi connectivity index (χ3v) is 9.49. The third kappa shape index (κ3) is 4.95. The van der Waals surface area contributed by atoms with Gasteiger partial charge in [-0.1, -0.05) is 18.2 Å². The van der Waals surface area contributed by atoms with Crippen LogP contribution in [0.25, 0.3) is 75.8 Å². The van der Waals surface area contributed by atoms with Crippen molar-refractivity contribution in [2.75, 3.05) is 0 Å². The first-order valence-electron chi connectivity index (χ1n) is 16.0. The van der Waals surface area contributed by atoms with E-state index in [1.165, 1.54) is 6.07 Å². The largest absolute Gasteiger partial charge is 0.416 e. The van der Waals surface area contributed by atoms with Crippen molar-refractivity contribution in [2.24, 2.45) is 0 Å². The molecule has 11 heteroatoms. The molecular formula is C43H17F3N8. The van der Waals surface area contributed by atoms with E-state index in [9.17, 15) is 34.2 Å². The second kappa shape index (κ2) is 12.2. The minimum absolute atomic E-state index is 0.163. The lowest BCUT2D eigenvalue weighted by Gasteiger charge is -2.20. The first-order chi connectivity index (χ1) is 26.1. The van der Waals surface area contributed by atoms with Gasteiger partial charge in [-0.25, -0.2) is 9.69 Å². The molecular weight excluding hydrogens is 686 g/mol. The number of fused-ring (bicyclic) bond motifs is 6. The fraction of sp³-hybridized carbons (Fsp3) is 0.0233. The maximum Gasteiger partial charge on any atom is 0.416 e. The molecule has 54 heavy (non-hydrogen) atoms. The van der Waals surface area contributed by atoms with E-state index in [0.29, 0.717) is 83.1 Å². The maximum atomic E-state index is 13.9. The highest BCUT2D eigenvalue weighted by Crippen LogP contribution is 2.43. The average molecular weight is 703 g/mol. The predicted octanol–water partition coefficient (Wildman–Crippen LogP) is 11.2. The van der Waals surface area contributed by atoms with Gasteiger partial charge in [0.25, 0.3) is 0 Å². The Hall–Kier alpha value is -8.35. The van der Waals surface area contributed by atoms with Gasteiger partial charge < -0.3 is 9.13 Å². The van der Waals surface area contributed by atoms with E-state index in [2.05, 4.69) is 27.9 Å². The van der Waals surface area contributed by atoms with Crippen molar-refractivity contribution in [3.8, 4) is 46.8 Å². The lowest BCUT2D eigenvalue weighted by molar-refractivity contribution is -0.137. The third-order valence-electron chi connectivity index (χ3n) is 9.49. The number of nitriles is 4. The molecule has 0 unspecified atom stereocenters. The number of hydrogen-bond acceptors (Lipinski definition) is 4. The molecule has 6 aromatic carbocycles. The molecule has 0 atom stereocenters. The Labute approximate surface area is 304 Å². The Kier molecular flexibility index (Phi) is 7.39. The van der Waals surface area contributed by atoms with Crippen LogP contribution >= 0.6 is 0 Å². The van der Waals surface area contributed by atoms with Crippen LogP contribution in [0.1, 0.15) is 27.8 Å². The van der Waals surface area contributed by atoms with E-state index in [-0.39, 0.29) is 16.7 Å². The van der Waals surface area contributed by atoms with Crippen molar-refractivity contribution >= 4 is 55.0 Å². The molecule has 0 N–H and O–H groups in total. The molecule has 2 aromatic heterocycles. The second-order valence-electron chi connectivity index (χ2n) is 12.4. The van der Waals surface area contributed by atoms with Gasteiger partial charge in [-0.05, 0) is 95.7 Å². The van der Waals surface area contributed by atoms with E-state index >= 15 is 0 Å². The fourth-order valence-corrected chi connectivity index (χ4v) is 7.12. The van der Waals surface area contributed by atoms with Crippen LogP contribution in [-0.2, 0) is 6.18 Å². The minimum Gasteiger partial charge on any atom is -0.309 e. The Morgan fingerprint density at radius 1 is 0.481 bits per heavy atom. The molecule has 2 heterocycles. The van der Waals surface area contributed by atoms with Gasteiger partial charge in [-0.3, -0.25) is 0 Å². The van der Waals surface area contributed by atoms with Gasteiger partial charge in [0.2, 0.25) is 0 Å². The number of aromatic nitrogens is 2. The van der Waals surface area contributed by atoms with Crippen molar-refractivity contribution < 1.29 is 13.2 Å². The molecule has 8 rings (SSSR count). The topological polar surface area (TPSA) is 114 Å². The zero-order valence-electron chi connectivity index (χ0n) is 27.5. The molecule has 0 bridgehead atoms. The van der Waals surface area contributed by atoms with Gasteiger partial charge in [0, 0.05) is 21.9 Å². The van der Waals surface area contributed by atoms with Crippen molar-refractivity contribution in [2.45, 2.75) is 6.18 Å². The van der Waals surface area contributed by atoms with Gasteiger partial charge in [0.1, 0.15) is 6.07 Å². The van der Waals surface area contributed by atoms with Crippen LogP contribution in [0.2, 0.25) is 0 Å². The molecule has 0 saturated heterocycles. The summed E-state index contributed by atoms with van der Waals surface area (Å²) < 4.78 is 45.4. The number of halogens is 3. The Bertz CT molecular complexity index is 3090. The zero-order valence-corrected chi connectivity index (χ0v) is 27.5. The van der Waals surface area contributed by atoms with Crippen LogP contribution in [0.15, 0.2) is 103 Å². The van der Waals surface area contributed by atoms with Crippen LogP contribution in [0.3, 0.4) is 0 Å². The van der Waals surface area contributed by atoms with Crippen molar-refractivity contribution in [1.82, 2.24) is 9.13 Å². The van der Waals surface area contributed by atoms with Crippen LogP contribution < -0.4 is 0 Å². The fourth-order valence-electron chi connectivity index (χ4n) is 7.12. The van der Waals surface area contributed by atoms with Crippen LogP contribution in [0.5, 0.6) is 0 Å². The molecule has 0 aliphatic rings. The summed E-state index contributed by atoms with van der Waals surface area (Å²) in [5.41, 5.74) is 3.89. The molecule has 0 amide bonds. The molecule has 0 saturated carbocycles. The standard InChI is InChI=1S/C43H17F3N8/c1-51-29-6-11-39-34(17-29)35-18-30(52-2)7-12-40(35)54(39)42-16-27(23-50)41(19-36(42)31-8-5-28(43(44,45)46)15-26(31)22-49)53-37-9-3-24(20-47)13-32(37)33-14-25(21-48)4-10-38(33)53/h3-19H. The normalized spacial score (nSPS) is 11.1. The molecule has 0 fully saturated rings. The predicted molar refractivity (Wildman–Crippen MR) is 197 cm³/mol. The SMILES string of the molecule is [C-]#[N+]c1ccc2c(c1)c1cc([N+]#[C-])ccc1n2-c1cc(C#N)c(-n2c3ccc(C#N)cc3c3cc(C#N)ccc32)cc1-c1ccc(C(F)(F)F)cc1C#N. The summed E-state index contributed by atoms with van der Waals surface area (Å²) in [5, 5.41) is 43.0. The van der Waals surface area contributed by atoms with Crippen molar-refractivity contribution in [3.63, 3.8) is 0 Å². The molecule has 0 aliphatic carbocycles. The molecule has 0 spiro atoms. The van der Waals surface area contributed by atoms with E-state index < -0.39 is 11.7 Å². The van der Waals surface area contributed by atoms with Crippen LogP contribution in [0.4, 0.5) is 24.5 Å². The highest BCUT2D eigenvalue weighted by Gasteiger charge is 2.32. The lowest BCUT2D eigenvalue weighted by atomic mass is 9.94. The summed E-state index contributed by atoms with van der Waals surface area (Å²) in [7, 11) is 0. The Balaban J connectivity index is 1.55. The summed E-state index contributed by atoms with van der Waals surface area (Å²) in [6.45, 7) is 15.2. The second-order valence-corrected chi connectivity index (χ2v) is 12.4. The van der Waals surface area contributed by atoms with Crippen LogP contribution in [-0.4, -0.2) is 9.13 Å². The summed E-state index contributed by atoms with van der Waals surface area (Å²) in [6, 6.07) is 34.9. The highest BCUT2D eigenvalue weighted by atomic mass is 19.4. The summed E-state index contributed by atoms with van der Waals surface area (Å²) in [6.07, 6.45) is -4.72. The van der Waals surface area contributed by atoms with Gasteiger partial charge in [0.15, 0.2) is 11.4 Å². The van der Waals surface area contributed by atoms with E-state index in [1.54, 1.807) is 89.5 Å². The average Bonchev–Trinajstić information content (AvgIpc) is 3.70. The smallest absolute Gasteiger partial charge is 0.309 e. The molecule has 0 radical (unpaired) electrons. The first kappa shape index (κ1) is 32.8. The number of hydrogen-bond donors (Lipinski definition) is 0.